The summed E-state index contributed by atoms with van der Waals surface area (Å²) in [6.07, 6.45) is 0.860. The normalized spacial score (nSPS) is 21.7. The van der Waals surface area contributed by atoms with E-state index in [0.29, 0.717) is 0 Å². The lowest BCUT2D eigenvalue weighted by Crippen LogP contribution is -2.60. The highest BCUT2D eigenvalue weighted by Crippen LogP contribution is 2.20. The van der Waals surface area contributed by atoms with Gasteiger partial charge in [-0.3, -0.25) is 9.59 Å². The smallest absolute Gasteiger partial charge is 0.250 e. The summed E-state index contributed by atoms with van der Waals surface area (Å²) in [5.41, 5.74) is 0.783. The fraction of sp³-hybridized carbons (Fsp3) is 0.429. The molecule has 1 fully saturated rings. The second-order valence-electron chi connectivity index (χ2n) is 4.69. The van der Waals surface area contributed by atoms with Crippen molar-refractivity contribution in [2.75, 3.05) is 11.4 Å². The molecule has 2 rings (SSSR count). The zero-order valence-electron chi connectivity index (χ0n) is 10.7. The number of piperazine rings is 1. The molecule has 0 radical (unpaired) electrons. The molecule has 1 aliphatic rings. The zero-order valence-corrected chi connectivity index (χ0v) is 10.7. The molecule has 96 valence electrons. The molecule has 0 aliphatic carbocycles. The van der Waals surface area contributed by atoms with Crippen LogP contribution in [-0.2, 0) is 9.59 Å². The van der Waals surface area contributed by atoms with Crippen molar-refractivity contribution in [3.05, 3.63) is 30.3 Å². The van der Waals surface area contributed by atoms with E-state index in [4.69, 9.17) is 0 Å². The van der Waals surface area contributed by atoms with Crippen LogP contribution in [0.1, 0.15) is 20.3 Å². The highest BCUT2D eigenvalue weighted by Gasteiger charge is 2.35. The predicted molar refractivity (Wildman–Crippen MR) is 70.2 cm³/mol. The fourth-order valence-electron chi connectivity index (χ4n) is 2.12. The van der Waals surface area contributed by atoms with Crippen molar-refractivity contribution in [3.8, 4) is 0 Å². The standard InChI is InChI=1S/C14H18N2O2/c1-3-10(2)13-14(18)16(9-12(17)15-13)11-7-5-4-6-8-11/h4-8,10,13H,3,9H2,1-2H3,(H,15,17). The van der Waals surface area contributed by atoms with E-state index >= 15 is 0 Å². The lowest BCUT2D eigenvalue weighted by atomic mass is 9.96. The topological polar surface area (TPSA) is 49.4 Å². The van der Waals surface area contributed by atoms with Crippen molar-refractivity contribution < 1.29 is 9.59 Å². The molecule has 1 aromatic carbocycles. The lowest BCUT2D eigenvalue weighted by Gasteiger charge is -2.35. The molecule has 2 atom stereocenters. The Morgan fingerprint density at radius 1 is 1.33 bits per heavy atom. The fourth-order valence-corrected chi connectivity index (χ4v) is 2.12. The summed E-state index contributed by atoms with van der Waals surface area (Å²) in [5, 5.41) is 2.79. The number of anilines is 1. The molecule has 4 nitrogen and oxygen atoms in total. The van der Waals surface area contributed by atoms with Gasteiger partial charge in [0.25, 0.3) is 0 Å². The van der Waals surface area contributed by atoms with Crippen molar-refractivity contribution in [1.82, 2.24) is 5.32 Å². The Bertz CT molecular complexity index is 444. The van der Waals surface area contributed by atoms with Gasteiger partial charge in [0.15, 0.2) is 0 Å². The number of nitrogens with zero attached hydrogens (tertiary/aromatic N) is 1. The molecule has 0 bridgehead atoms. The average molecular weight is 246 g/mol. The monoisotopic (exact) mass is 246 g/mol. The Morgan fingerprint density at radius 2 is 2.00 bits per heavy atom. The van der Waals surface area contributed by atoms with Gasteiger partial charge in [0.05, 0.1) is 0 Å². The highest BCUT2D eigenvalue weighted by molar-refractivity contribution is 6.06. The number of nitrogens with one attached hydrogen (secondary N) is 1. The maximum Gasteiger partial charge on any atom is 0.250 e. The summed E-state index contributed by atoms with van der Waals surface area (Å²) in [6.45, 7) is 4.11. The Hall–Kier alpha value is -1.84. The molecule has 1 saturated heterocycles. The van der Waals surface area contributed by atoms with Crippen LogP contribution in [0.15, 0.2) is 30.3 Å². The summed E-state index contributed by atoms with van der Waals surface area (Å²) in [6, 6.07) is 8.93. The number of benzene rings is 1. The Balaban J connectivity index is 2.26. The van der Waals surface area contributed by atoms with Crippen LogP contribution >= 0.6 is 0 Å². The van der Waals surface area contributed by atoms with Crippen molar-refractivity contribution in [1.29, 1.82) is 0 Å². The van der Waals surface area contributed by atoms with E-state index < -0.39 is 6.04 Å². The third-order valence-corrected chi connectivity index (χ3v) is 3.43. The van der Waals surface area contributed by atoms with Crippen molar-refractivity contribution in [2.45, 2.75) is 26.3 Å². The van der Waals surface area contributed by atoms with E-state index in [2.05, 4.69) is 5.32 Å². The average Bonchev–Trinajstić information content (AvgIpc) is 2.41. The minimum atomic E-state index is -0.406. The molecule has 1 aliphatic heterocycles. The van der Waals surface area contributed by atoms with Gasteiger partial charge >= 0.3 is 0 Å². The second-order valence-corrected chi connectivity index (χ2v) is 4.69. The van der Waals surface area contributed by atoms with E-state index in [9.17, 15) is 9.59 Å². The van der Waals surface area contributed by atoms with E-state index in [-0.39, 0.29) is 24.3 Å². The third-order valence-electron chi connectivity index (χ3n) is 3.43. The van der Waals surface area contributed by atoms with Crippen molar-refractivity contribution >= 4 is 17.5 Å². The molecular weight excluding hydrogens is 228 g/mol. The van der Waals surface area contributed by atoms with Gasteiger partial charge in [-0.2, -0.15) is 0 Å². The van der Waals surface area contributed by atoms with Crippen LogP contribution in [0.2, 0.25) is 0 Å². The van der Waals surface area contributed by atoms with Gasteiger partial charge in [0, 0.05) is 5.69 Å². The van der Waals surface area contributed by atoms with E-state index in [1.165, 1.54) is 0 Å². The maximum atomic E-state index is 12.4. The van der Waals surface area contributed by atoms with Crippen LogP contribution in [0.3, 0.4) is 0 Å². The minimum absolute atomic E-state index is 0.0184. The Labute approximate surface area is 107 Å². The molecule has 0 spiro atoms. The maximum absolute atomic E-state index is 12.4. The highest BCUT2D eigenvalue weighted by atomic mass is 16.2. The minimum Gasteiger partial charge on any atom is -0.342 e. The van der Waals surface area contributed by atoms with E-state index in [1.54, 1.807) is 4.90 Å². The van der Waals surface area contributed by atoms with Crippen LogP contribution in [0.4, 0.5) is 5.69 Å². The van der Waals surface area contributed by atoms with Crippen LogP contribution in [-0.4, -0.2) is 24.4 Å². The second kappa shape index (κ2) is 5.21. The third kappa shape index (κ3) is 2.37. The van der Waals surface area contributed by atoms with Gasteiger partial charge in [-0.15, -0.1) is 0 Å². The number of carbonyl (C=O) groups excluding carboxylic acids is 2. The van der Waals surface area contributed by atoms with Gasteiger partial charge in [0.1, 0.15) is 12.6 Å². The van der Waals surface area contributed by atoms with E-state index in [1.807, 2.05) is 44.2 Å². The molecule has 4 heteroatoms. The lowest BCUT2D eigenvalue weighted by molar-refractivity contribution is -0.132. The quantitative estimate of drug-likeness (QED) is 0.880. The summed E-state index contributed by atoms with van der Waals surface area (Å²) in [7, 11) is 0. The van der Waals surface area contributed by atoms with Crippen LogP contribution in [0.5, 0.6) is 0 Å². The first kappa shape index (κ1) is 12.6. The van der Waals surface area contributed by atoms with Crippen LogP contribution < -0.4 is 10.2 Å². The number of carbonyl (C=O) groups is 2. The molecule has 0 aromatic heterocycles. The number of amides is 2. The summed E-state index contributed by atoms with van der Waals surface area (Å²) < 4.78 is 0. The molecular formula is C14H18N2O2. The van der Waals surface area contributed by atoms with E-state index in [0.717, 1.165) is 12.1 Å². The zero-order chi connectivity index (χ0) is 13.1. The molecule has 0 saturated carbocycles. The first-order chi connectivity index (χ1) is 8.63. The van der Waals surface area contributed by atoms with Gasteiger partial charge in [-0.1, -0.05) is 38.5 Å². The van der Waals surface area contributed by atoms with Gasteiger partial charge in [0.2, 0.25) is 11.8 Å². The summed E-state index contributed by atoms with van der Waals surface area (Å²) in [4.78, 5) is 25.7. The summed E-state index contributed by atoms with van der Waals surface area (Å²) >= 11 is 0. The first-order valence-electron chi connectivity index (χ1n) is 6.29. The molecule has 1 aromatic rings. The van der Waals surface area contributed by atoms with Gasteiger partial charge in [-0.05, 0) is 18.1 Å². The molecule has 18 heavy (non-hydrogen) atoms. The molecule has 1 heterocycles. The summed E-state index contributed by atoms with van der Waals surface area (Å²) in [5.74, 6) is 0.0341. The Morgan fingerprint density at radius 3 is 2.61 bits per heavy atom. The SMILES string of the molecule is CCC(C)C1NC(=O)CN(c2ccccc2)C1=O. The largest absolute Gasteiger partial charge is 0.342 e. The predicted octanol–water partition coefficient (Wildman–Crippen LogP) is 1.56. The number of hydrogen-bond donors (Lipinski definition) is 1. The number of para-hydroxylation sites is 1. The van der Waals surface area contributed by atoms with Crippen LogP contribution in [0.25, 0.3) is 0 Å². The molecule has 2 amide bonds. The van der Waals surface area contributed by atoms with Gasteiger partial charge in [-0.25, -0.2) is 0 Å². The van der Waals surface area contributed by atoms with Gasteiger partial charge < -0.3 is 10.2 Å². The number of rotatable bonds is 3. The van der Waals surface area contributed by atoms with Crippen molar-refractivity contribution in [2.24, 2.45) is 5.92 Å². The van der Waals surface area contributed by atoms with Crippen molar-refractivity contribution in [3.63, 3.8) is 0 Å². The molecule has 1 N–H and O–H groups in total. The Kier molecular flexibility index (Phi) is 3.65. The first-order valence-corrected chi connectivity index (χ1v) is 6.29. The van der Waals surface area contributed by atoms with Crippen LogP contribution in [0, 0.1) is 5.92 Å². The molecule has 2 unspecified atom stereocenters. The number of hydrogen-bond acceptors (Lipinski definition) is 2.